The van der Waals surface area contributed by atoms with Crippen LogP contribution < -0.4 is 10.4 Å². The number of aromatic carboxylic acids is 1. The number of carboxylic acids is 1. The molecule has 1 atom stereocenters. The Morgan fingerprint density at radius 2 is 2.00 bits per heavy atom. The number of rotatable bonds is 5. The topological polar surface area (TPSA) is 122 Å². The summed E-state index contributed by atoms with van der Waals surface area (Å²) in [6.07, 6.45) is 2.73. The van der Waals surface area contributed by atoms with Crippen molar-refractivity contribution in [3.8, 4) is 17.6 Å². The van der Waals surface area contributed by atoms with Gasteiger partial charge in [-0.05, 0) is 37.5 Å². The fourth-order valence-electron chi connectivity index (χ4n) is 2.70. The van der Waals surface area contributed by atoms with Gasteiger partial charge in [0.15, 0.2) is 15.7 Å². The highest BCUT2D eigenvalue weighted by atomic mass is 32.1. The third-order valence-corrected chi connectivity index (χ3v) is 7.15. The molecule has 0 aliphatic carbocycles. The first-order valence-electron chi connectivity index (χ1n) is 8.64. The molecular weight excluding hydrogens is 425 g/mol. The van der Waals surface area contributed by atoms with Gasteiger partial charge in [0.25, 0.3) is 0 Å². The first kappa shape index (κ1) is 21.5. The predicted molar refractivity (Wildman–Crippen MR) is 115 cm³/mol. The molecule has 0 saturated carbocycles. The van der Waals surface area contributed by atoms with Gasteiger partial charge in [-0.25, -0.2) is 9.78 Å². The van der Waals surface area contributed by atoms with Crippen molar-refractivity contribution in [2.24, 2.45) is 0 Å². The summed E-state index contributed by atoms with van der Waals surface area (Å²) >= 11 is 0.838. The number of pyridine rings is 1. The van der Waals surface area contributed by atoms with Gasteiger partial charge in [0.1, 0.15) is 5.75 Å². The summed E-state index contributed by atoms with van der Waals surface area (Å²) in [5.74, 6) is 4.14. The van der Waals surface area contributed by atoms with Crippen LogP contribution in [-0.4, -0.2) is 33.3 Å². The van der Waals surface area contributed by atoms with Gasteiger partial charge >= 0.3 is 13.5 Å². The largest absolute Gasteiger partial charge is 0.506 e. The Morgan fingerprint density at radius 3 is 2.63 bits per heavy atom. The number of aromatic nitrogens is 2. The van der Waals surface area contributed by atoms with Crippen molar-refractivity contribution in [1.29, 1.82) is 0 Å². The molecule has 0 aliphatic heterocycles. The zero-order valence-electron chi connectivity index (χ0n) is 16.3. The summed E-state index contributed by atoms with van der Waals surface area (Å²) in [5, 5.41) is 22.3. The molecule has 8 nitrogen and oxygen atoms in total. The van der Waals surface area contributed by atoms with Crippen LogP contribution in [0.3, 0.4) is 0 Å². The Hall–Kier alpha value is -3.18. The molecule has 3 N–H and O–H groups in total. The number of hydrogen-bond acceptors (Lipinski definition) is 7. The Labute approximate surface area is 177 Å². The Bertz CT molecular complexity index is 1230. The molecule has 0 bridgehead atoms. The lowest BCUT2D eigenvalue weighted by Crippen LogP contribution is -2.17. The van der Waals surface area contributed by atoms with Gasteiger partial charge in [0, 0.05) is 18.9 Å². The number of anilines is 1. The Kier molecular flexibility index (Phi) is 6.22. The Morgan fingerprint density at radius 1 is 1.23 bits per heavy atom. The summed E-state index contributed by atoms with van der Waals surface area (Å²) < 4.78 is 18.7. The molecule has 0 fully saturated rings. The molecule has 0 aliphatic rings. The van der Waals surface area contributed by atoms with Crippen molar-refractivity contribution in [3.63, 3.8) is 0 Å². The first-order chi connectivity index (χ1) is 14.2. The molecule has 1 aromatic carbocycles. The minimum Gasteiger partial charge on any atom is -0.506 e. The van der Waals surface area contributed by atoms with E-state index in [4.69, 9.17) is 4.52 Å². The van der Waals surface area contributed by atoms with Crippen LogP contribution in [-0.2, 0) is 9.09 Å². The number of carbonyl (C=O) groups is 1. The summed E-state index contributed by atoms with van der Waals surface area (Å²) in [6.45, 7) is 3.72. The lowest BCUT2D eigenvalue weighted by Gasteiger charge is -2.19. The second kappa shape index (κ2) is 8.67. The molecule has 0 amide bonds. The van der Waals surface area contributed by atoms with E-state index in [-0.39, 0.29) is 21.5 Å². The SMILES string of the molecule is COP(=O)(Nc1nc(C#Cc2cncc(O)c2)sc1C(=O)O)c1ccc(C)cc1C. The standard InChI is InChI=1S/C20H18N3O5PS/c1-12-4-6-16(13(2)8-12)29(27,28-3)23-19-18(20(25)26)30-17(22-19)7-5-14-9-15(24)11-21-10-14/h4,6,8-11,24H,1-3H3,(H,23,27)(H,25,26). The van der Waals surface area contributed by atoms with E-state index in [0.29, 0.717) is 10.9 Å². The fraction of sp³-hybridized carbons (Fsp3) is 0.150. The number of nitrogens with one attached hydrogen (secondary N) is 1. The number of benzene rings is 1. The molecule has 30 heavy (non-hydrogen) atoms. The van der Waals surface area contributed by atoms with E-state index in [1.807, 2.05) is 13.0 Å². The predicted octanol–water partition coefficient (Wildman–Crippen LogP) is 3.54. The van der Waals surface area contributed by atoms with Crippen molar-refractivity contribution in [2.75, 3.05) is 12.2 Å². The molecule has 3 aromatic rings. The highest BCUT2D eigenvalue weighted by Crippen LogP contribution is 2.46. The normalized spacial score (nSPS) is 12.5. The summed E-state index contributed by atoms with van der Waals surface area (Å²) in [4.78, 5) is 19.6. The number of thiazole rings is 1. The summed E-state index contributed by atoms with van der Waals surface area (Å²) in [7, 11) is -2.34. The van der Waals surface area contributed by atoms with Gasteiger partial charge in [-0.3, -0.25) is 14.6 Å². The highest BCUT2D eigenvalue weighted by molar-refractivity contribution is 7.68. The van der Waals surface area contributed by atoms with Crippen LogP contribution in [0.25, 0.3) is 0 Å². The number of hydrogen-bond donors (Lipinski definition) is 3. The van der Waals surface area contributed by atoms with E-state index in [1.165, 1.54) is 25.6 Å². The molecule has 10 heteroatoms. The Balaban J connectivity index is 1.99. The lowest BCUT2D eigenvalue weighted by molar-refractivity contribution is 0.0703. The van der Waals surface area contributed by atoms with Crippen LogP contribution in [0.4, 0.5) is 5.82 Å². The minimum absolute atomic E-state index is 0.0379. The van der Waals surface area contributed by atoms with Gasteiger partial charge in [0.2, 0.25) is 0 Å². The van der Waals surface area contributed by atoms with Crippen molar-refractivity contribution in [3.05, 3.63) is 63.2 Å². The number of carboxylic acid groups (broad SMARTS) is 1. The minimum atomic E-state index is -3.63. The molecule has 2 aromatic heterocycles. The smallest absolute Gasteiger partial charge is 0.349 e. The molecule has 0 spiro atoms. The molecule has 0 radical (unpaired) electrons. The van der Waals surface area contributed by atoms with Gasteiger partial charge in [-0.15, -0.1) is 0 Å². The fourth-order valence-corrected chi connectivity index (χ4v) is 5.13. The van der Waals surface area contributed by atoms with Crippen molar-refractivity contribution in [2.45, 2.75) is 13.8 Å². The van der Waals surface area contributed by atoms with E-state index < -0.39 is 13.5 Å². The van der Waals surface area contributed by atoms with Crippen LogP contribution in [0.1, 0.15) is 31.4 Å². The van der Waals surface area contributed by atoms with Gasteiger partial charge in [0.05, 0.1) is 11.5 Å². The van der Waals surface area contributed by atoms with E-state index in [9.17, 15) is 19.6 Å². The van der Waals surface area contributed by atoms with Crippen molar-refractivity contribution < 1.29 is 24.1 Å². The quantitative estimate of drug-likeness (QED) is 0.404. The second-order valence-electron chi connectivity index (χ2n) is 6.32. The lowest BCUT2D eigenvalue weighted by atomic mass is 10.2. The molecular formula is C20H18N3O5PS. The number of aromatic hydroxyl groups is 1. The van der Waals surface area contributed by atoms with E-state index in [1.54, 1.807) is 19.1 Å². The van der Waals surface area contributed by atoms with Crippen molar-refractivity contribution >= 4 is 35.9 Å². The van der Waals surface area contributed by atoms with E-state index in [0.717, 1.165) is 22.5 Å². The average molecular weight is 443 g/mol. The van der Waals surface area contributed by atoms with Gasteiger partial charge in [-0.1, -0.05) is 35.0 Å². The first-order valence-corrected chi connectivity index (χ1v) is 11.1. The summed E-state index contributed by atoms with van der Waals surface area (Å²) in [5.41, 5.74) is 2.18. The molecule has 1 unspecified atom stereocenters. The van der Waals surface area contributed by atoms with Crippen LogP contribution in [0.2, 0.25) is 0 Å². The van der Waals surface area contributed by atoms with E-state index >= 15 is 0 Å². The maximum atomic E-state index is 13.5. The third kappa shape index (κ3) is 4.69. The number of aryl methyl sites for hydroxylation is 2. The van der Waals surface area contributed by atoms with Crippen LogP contribution in [0.5, 0.6) is 5.75 Å². The van der Waals surface area contributed by atoms with Crippen LogP contribution >= 0.6 is 18.9 Å². The second-order valence-corrected chi connectivity index (χ2v) is 9.49. The monoisotopic (exact) mass is 443 g/mol. The molecule has 2 heterocycles. The van der Waals surface area contributed by atoms with Crippen molar-refractivity contribution in [1.82, 2.24) is 9.97 Å². The maximum absolute atomic E-state index is 13.5. The zero-order valence-corrected chi connectivity index (χ0v) is 18.0. The highest BCUT2D eigenvalue weighted by Gasteiger charge is 2.30. The average Bonchev–Trinajstić information content (AvgIpc) is 3.09. The molecule has 0 saturated heterocycles. The number of nitrogens with zero attached hydrogens (tertiary/aromatic N) is 2. The maximum Gasteiger partial charge on any atom is 0.349 e. The zero-order chi connectivity index (χ0) is 21.9. The van der Waals surface area contributed by atoms with Crippen LogP contribution in [0.15, 0.2) is 36.7 Å². The summed E-state index contributed by atoms with van der Waals surface area (Å²) in [6, 6.07) is 6.77. The van der Waals surface area contributed by atoms with Crippen LogP contribution in [0, 0.1) is 25.7 Å². The van der Waals surface area contributed by atoms with Gasteiger partial charge < -0.3 is 14.7 Å². The molecule has 3 rings (SSSR count). The van der Waals surface area contributed by atoms with E-state index in [2.05, 4.69) is 26.9 Å². The van der Waals surface area contributed by atoms with Gasteiger partial charge in [-0.2, -0.15) is 0 Å². The third-order valence-electron chi connectivity index (χ3n) is 4.04. The molecule has 154 valence electrons.